The Labute approximate surface area is 163 Å². The Kier molecular flexibility index (Phi) is 12.3. The summed E-state index contributed by atoms with van der Waals surface area (Å²) >= 11 is 0. The fourth-order valence-corrected chi connectivity index (χ4v) is 3.81. The molecule has 0 aromatic rings. The van der Waals surface area contributed by atoms with Gasteiger partial charge in [-0.15, -0.1) is 0 Å². The van der Waals surface area contributed by atoms with Crippen LogP contribution in [0.1, 0.15) is 77.6 Å². The first kappa shape index (κ1) is 23.9. The van der Waals surface area contributed by atoms with Gasteiger partial charge in [0.25, 0.3) is 0 Å². The molecule has 5 heteroatoms. The Balaban J connectivity index is 2.39. The largest absolute Gasteiger partial charge is 0.481 e. The third kappa shape index (κ3) is 10.1. The summed E-state index contributed by atoms with van der Waals surface area (Å²) in [7, 11) is 0. The van der Waals surface area contributed by atoms with E-state index in [9.17, 15) is 20.1 Å². The maximum atomic E-state index is 10.5. The van der Waals surface area contributed by atoms with Crippen LogP contribution in [0.15, 0.2) is 24.3 Å². The molecule has 0 bridgehead atoms. The fraction of sp³-hybridized carbons (Fsp3) is 0.773. The van der Waals surface area contributed by atoms with Gasteiger partial charge in [-0.3, -0.25) is 4.79 Å². The first-order valence-corrected chi connectivity index (χ1v) is 10.5. The van der Waals surface area contributed by atoms with Crippen LogP contribution in [-0.4, -0.2) is 44.7 Å². The monoisotopic (exact) mass is 382 g/mol. The molecule has 0 aliphatic heterocycles. The highest BCUT2D eigenvalue weighted by atomic mass is 16.4. The van der Waals surface area contributed by atoms with Crippen LogP contribution in [0.3, 0.4) is 0 Å². The van der Waals surface area contributed by atoms with Crippen molar-refractivity contribution in [2.45, 2.75) is 95.9 Å². The molecule has 5 atom stereocenters. The number of carbonyl (C=O) groups is 1. The summed E-state index contributed by atoms with van der Waals surface area (Å²) in [6.07, 6.45) is 14.8. The average Bonchev–Trinajstić information content (AvgIpc) is 2.88. The number of unbranched alkanes of at least 4 members (excludes halogenated alkanes) is 5. The molecule has 1 fully saturated rings. The minimum absolute atomic E-state index is 0.0298. The maximum Gasteiger partial charge on any atom is 0.303 e. The highest BCUT2D eigenvalue weighted by molar-refractivity contribution is 5.66. The van der Waals surface area contributed by atoms with E-state index in [0.717, 1.165) is 25.7 Å². The van der Waals surface area contributed by atoms with E-state index in [1.54, 1.807) is 6.08 Å². The van der Waals surface area contributed by atoms with Crippen molar-refractivity contribution >= 4 is 5.97 Å². The molecule has 4 N–H and O–H groups in total. The van der Waals surface area contributed by atoms with Gasteiger partial charge in [0.05, 0.1) is 18.3 Å². The minimum Gasteiger partial charge on any atom is -0.481 e. The predicted molar refractivity (Wildman–Crippen MR) is 107 cm³/mol. The van der Waals surface area contributed by atoms with E-state index in [1.165, 1.54) is 19.3 Å². The molecule has 0 spiro atoms. The van der Waals surface area contributed by atoms with E-state index in [2.05, 4.69) is 13.0 Å². The Morgan fingerprint density at radius 2 is 1.85 bits per heavy atom. The third-order valence-corrected chi connectivity index (χ3v) is 5.42. The summed E-state index contributed by atoms with van der Waals surface area (Å²) < 4.78 is 0. The van der Waals surface area contributed by atoms with Gasteiger partial charge in [0.2, 0.25) is 0 Å². The van der Waals surface area contributed by atoms with Crippen LogP contribution in [0, 0.1) is 11.8 Å². The molecule has 156 valence electrons. The van der Waals surface area contributed by atoms with Crippen molar-refractivity contribution in [3.63, 3.8) is 0 Å². The molecule has 0 radical (unpaired) electrons. The number of rotatable bonds is 14. The molecule has 0 unspecified atom stereocenters. The van der Waals surface area contributed by atoms with Crippen molar-refractivity contribution < 1.29 is 25.2 Å². The zero-order valence-electron chi connectivity index (χ0n) is 16.7. The van der Waals surface area contributed by atoms with Crippen LogP contribution in [-0.2, 0) is 4.79 Å². The molecule has 0 saturated heterocycles. The van der Waals surface area contributed by atoms with E-state index in [-0.39, 0.29) is 18.3 Å². The molecule has 1 saturated carbocycles. The molecule has 1 rings (SSSR count). The summed E-state index contributed by atoms with van der Waals surface area (Å²) in [5.41, 5.74) is 0. The first-order chi connectivity index (χ1) is 13.0. The van der Waals surface area contributed by atoms with Gasteiger partial charge in [-0.25, -0.2) is 0 Å². The van der Waals surface area contributed by atoms with Gasteiger partial charge in [0.1, 0.15) is 0 Å². The molecule has 0 amide bonds. The molecule has 0 aromatic heterocycles. The quantitative estimate of drug-likeness (QED) is 0.270. The van der Waals surface area contributed by atoms with Crippen LogP contribution in [0.2, 0.25) is 0 Å². The van der Waals surface area contributed by atoms with Crippen molar-refractivity contribution in [3.8, 4) is 0 Å². The molecular weight excluding hydrogens is 344 g/mol. The average molecular weight is 383 g/mol. The SMILES string of the molecule is CCCCC/C=C\C[C@H](O)/C=C/[C@H]1[C@H](CCCCCC(=O)O)[C@@H](O)C[C@H]1O. The zero-order chi connectivity index (χ0) is 20.1. The number of carboxylic acid groups (broad SMARTS) is 1. The third-order valence-electron chi connectivity index (χ3n) is 5.42. The van der Waals surface area contributed by atoms with Gasteiger partial charge >= 0.3 is 5.97 Å². The van der Waals surface area contributed by atoms with Gasteiger partial charge in [0.15, 0.2) is 0 Å². The molecule has 0 aromatic carbocycles. The van der Waals surface area contributed by atoms with E-state index < -0.39 is 24.3 Å². The lowest BCUT2D eigenvalue weighted by Gasteiger charge is -2.21. The highest BCUT2D eigenvalue weighted by Crippen LogP contribution is 2.37. The molecule has 1 aliphatic carbocycles. The highest BCUT2D eigenvalue weighted by Gasteiger charge is 2.39. The second-order valence-electron chi connectivity index (χ2n) is 7.76. The maximum absolute atomic E-state index is 10.5. The predicted octanol–water partition coefficient (Wildman–Crippen LogP) is 3.82. The number of carboxylic acids is 1. The van der Waals surface area contributed by atoms with E-state index in [0.29, 0.717) is 19.3 Å². The van der Waals surface area contributed by atoms with Crippen LogP contribution in [0.4, 0.5) is 0 Å². The second kappa shape index (κ2) is 13.9. The Hall–Kier alpha value is -1.17. The van der Waals surface area contributed by atoms with E-state index in [1.807, 2.05) is 12.2 Å². The smallest absolute Gasteiger partial charge is 0.303 e. The Bertz CT molecular complexity index is 460. The van der Waals surface area contributed by atoms with Crippen molar-refractivity contribution in [2.24, 2.45) is 11.8 Å². The standard InChI is InChI=1S/C22H38O5/c1-2-3-4-5-6-8-11-17(23)14-15-19-18(20(24)16-21(19)25)12-9-7-10-13-22(26)27/h6,8,14-15,17-21,23-25H,2-5,7,9-13,16H2,1H3,(H,26,27)/b8-6-,15-14+/t17-,18-,19-,20-,21+/m0/s1. The van der Waals surface area contributed by atoms with Crippen molar-refractivity contribution in [1.29, 1.82) is 0 Å². The number of hydrogen-bond acceptors (Lipinski definition) is 4. The molecule has 5 nitrogen and oxygen atoms in total. The summed E-state index contributed by atoms with van der Waals surface area (Å²) in [5, 5.41) is 39.2. The molecule has 27 heavy (non-hydrogen) atoms. The van der Waals surface area contributed by atoms with Gasteiger partial charge < -0.3 is 20.4 Å². The zero-order valence-corrected chi connectivity index (χ0v) is 16.7. The summed E-state index contributed by atoms with van der Waals surface area (Å²) in [6, 6.07) is 0. The van der Waals surface area contributed by atoms with Gasteiger partial charge in [-0.2, -0.15) is 0 Å². The van der Waals surface area contributed by atoms with Crippen molar-refractivity contribution in [1.82, 2.24) is 0 Å². The Morgan fingerprint density at radius 1 is 1.07 bits per heavy atom. The lowest BCUT2D eigenvalue weighted by molar-refractivity contribution is -0.137. The second-order valence-corrected chi connectivity index (χ2v) is 7.76. The lowest BCUT2D eigenvalue weighted by atomic mass is 9.88. The lowest BCUT2D eigenvalue weighted by Crippen LogP contribution is -2.21. The number of hydrogen-bond donors (Lipinski definition) is 4. The molecule has 0 heterocycles. The summed E-state index contributed by atoms with van der Waals surface area (Å²) in [6.45, 7) is 2.18. The number of aliphatic carboxylic acids is 1. The number of aliphatic hydroxyl groups excluding tert-OH is 3. The minimum atomic E-state index is -0.777. The summed E-state index contributed by atoms with van der Waals surface area (Å²) in [5.74, 6) is -0.957. The van der Waals surface area contributed by atoms with Crippen LogP contribution >= 0.6 is 0 Å². The fourth-order valence-electron chi connectivity index (χ4n) is 3.81. The molecule has 1 aliphatic rings. The number of aliphatic hydroxyl groups is 3. The normalized spacial score (nSPS) is 27.0. The summed E-state index contributed by atoms with van der Waals surface area (Å²) in [4.78, 5) is 10.5. The number of allylic oxidation sites excluding steroid dienone is 1. The van der Waals surface area contributed by atoms with Crippen LogP contribution in [0.25, 0.3) is 0 Å². The molecular formula is C22H38O5. The van der Waals surface area contributed by atoms with E-state index >= 15 is 0 Å². The van der Waals surface area contributed by atoms with Gasteiger partial charge in [0, 0.05) is 18.8 Å². The van der Waals surface area contributed by atoms with Gasteiger partial charge in [-0.1, -0.05) is 56.9 Å². The Morgan fingerprint density at radius 3 is 2.56 bits per heavy atom. The van der Waals surface area contributed by atoms with Crippen LogP contribution in [0.5, 0.6) is 0 Å². The van der Waals surface area contributed by atoms with Crippen LogP contribution < -0.4 is 0 Å². The van der Waals surface area contributed by atoms with E-state index in [4.69, 9.17) is 5.11 Å². The first-order valence-electron chi connectivity index (χ1n) is 10.5. The van der Waals surface area contributed by atoms with Gasteiger partial charge in [-0.05, 0) is 38.0 Å². The van der Waals surface area contributed by atoms with Crippen molar-refractivity contribution in [3.05, 3.63) is 24.3 Å². The van der Waals surface area contributed by atoms with Crippen molar-refractivity contribution in [2.75, 3.05) is 0 Å². The topological polar surface area (TPSA) is 98.0 Å².